The van der Waals surface area contributed by atoms with E-state index in [1.165, 1.54) is 0 Å². The van der Waals surface area contributed by atoms with Gasteiger partial charge in [-0.15, -0.1) is 0 Å². The fourth-order valence-electron chi connectivity index (χ4n) is 1.40. The van der Waals surface area contributed by atoms with Gasteiger partial charge in [0.2, 0.25) is 0 Å². The second-order valence-electron chi connectivity index (χ2n) is 3.45. The minimum absolute atomic E-state index is 0.100. The summed E-state index contributed by atoms with van der Waals surface area (Å²) in [6.07, 6.45) is 0.346. The molecular formula is C12H17O3P. The Morgan fingerprint density at radius 3 is 2.31 bits per heavy atom. The van der Waals surface area contributed by atoms with Gasteiger partial charge in [0.25, 0.3) is 0 Å². The molecule has 1 rings (SSSR count). The third kappa shape index (κ3) is 3.67. The smallest absolute Gasteiger partial charge is 0.177 e. The molecule has 0 saturated heterocycles. The van der Waals surface area contributed by atoms with Crippen molar-refractivity contribution in [3.05, 3.63) is 35.9 Å². The first-order chi connectivity index (χ1) is 7.69. The Balaban J connectivity index is 2.61. The molecule has 16 heavy (non-hydrogen) atoms. The first kappa shape index (κ1) is 13.3. The average Bonchev–Trinajstić information content (AvgIpc) is 2.35. The molecule has 1 unspecified atom stereocenters. The monoisotopic (exact) mass is 240 g/mol. The van der Waals surface area contributed by atoms with Gasteiger partial charge in [0.05, 0.1) is 6.16 Å². The number of Topliss-reactive ketones (excluding diaryl/α,β-unsaturated/α-hetero) is 1. The first-order valence-corrected chi connectivity index (χ1v) is 6.48. The zero-order valence-electron chi connectivity index (χ0n) is 9.84. The summed E-state index contributed by atoms with van der Waals surface area (Å²) < 4.78 is 10.2. The molecule has 0 aliphatic carbocycles. The van der Waals surface area contributed by atoms with E-state index in [1.807, 2.05) is 37.3 Å². The Kier molecular flexibility index (Phi) is 5.61. The van der Waals surface area contributed by atoms with Gasteiger partial charge in [-0.05, 0) is 5.56 Å². The van der Waals surface area contributed by atoms with E-state index in [-0.39, 0.29) is 11.7 Å². The molecule has 0 saturated carbocycles. The lowest BCUT2D eigenvalue weighted by Gasteiger charge is -2.15. The lowest BCUT2D eigenvalue weighted by Crippen LogP contribution is -2.13. The van der Waals surface area contributed by atoms with Crippen LogP contribution in [0.5, 0.6) is 0 Å². The van der Waals surface area contributed by atoms with Crippen LogP contribution in [-0.4, -0.2) is 26.2 Å². The fourth-order valence-corrected chi connectivity index (χ4v) is 2.33. The molecule has 0 radical (unpaired) electrons. The van der Waals surface area contributed by atoms with Crippen molar-refractivity contribution in [3.8, 4) is 0 Å². The van der Waals surface area contributed by atoms with Crippen molar-refractivity contribution in [1.82, 2.24) is 0 Å². The van der Waals surface area contributed by atoms with Crippen LogP contribution in [0.4, 0.5) is 0 Å². The molecule has 0 heterocycles. The maximum Gasteiger partial charge on any atom is 0.177 e. The van der Waals surface area contributed by atoms with Gasteiger partial charge >= 0.3 is 0 Å². The molecular weight excluding hydrogens is 223 g/mol. The molecule has 0 bridgehead atoms. The summed E-state index contributed by atoms with van der Waals surface area (Å²) in [5.74, 6) is 0.0533. The van der Waals surface area contributed by atoms with Crippen LogP contribution in [0.1, 0.15) is 18.4 Å². The topological polar surface area (TPSA) is 35.5 Å². The van der Waals surface area contributed by atoms with Crippen molar-refractivity contribution >= 4 is 14.2 Å². The summed E-state index contributed by atoms with van der Waals surface area (Å²) in [5, 5.41) is 0. The van der Waals surface area contributed by atoms with E-state index in [4.69, 9.17) is 9.05 Å². The molecule has 1 aromatic rings. The Bertz CT molecular complexity index is 322. The Morgan fingerprint density at radius 1 is 1.25 bits per heavy atom. The van der Waals surface area contributed by atoms with Gasteiger partial charge in [-0.25, -0.2) is 0 Å². The van der Waals surface area contributed by atoms with Crippen molar-refractivity contribution in [2.75, 3.05) is 20.4 Å². The number of hydrogen-bond acceptors (Lipinski definition) is 3. The molecule has 4 heteroatoms. The summed E-state index contributed by atoms with van der Waals surface area (Å²) >= 11 is 0. The molecule has 0 aliphatic heterocycles. The molecule has 0 fully saturated rings. The number of carbonyl (C=O) groups excluding carboxylic acids is 1. The lowest BCUT2D eigenvalue weighted by molar-refractivity contribution is -0.117. The SMILES string of the molecule is COP(CC(=O)C(C)c1ccccc1)OC. The van der Waals surface area contributed by atoms with Crippen molar-refractivity contribution in [2.45, 2.75) is 12.8 Å². The predicted molar refractivity (Wildman–Crippen MR) is 65.7 cm³/mol. The average molecular weight is 240 g/mol. The van der Waals surface area contributed by atoms with Crippen molar-refractivity contribution in [2.24, 2.45) is 0 Å². The van der Waals surface area contributed by atoms with E-state index in [0.29, 0.717) is 6.16 Å². The summed E-state index contributed by atoms with van der Waals surface area (Å²) in [4.78, 5) is 11.9. The molecule has 0 aliphatic rings. The van der Waals surface area contributed by atoms with Gasteiger partial charge < -0.3 is 9.05 Å². The highest BCUT2D eigenvalue weighted by atomic mass is 31.2. The molecule has 88 valence electrons. The number of rotatable bonds is 6. The quantitative estimate of drug-likeness (QED) is 0.717. The van der Waals surface area contributed by atoms with E-state index in [0.717, 1.165) is 5.56 Å². The number of carbonyl (C=O) groups is 1. The maximum atomic E-state index is 11.9. The Morgan fingerprint density at radius 2 is 1.81 bits per heavy atom. The van der Waals surface area contributed by atoms with Gasteiger partial charge in [0.15, 0.2) is 8.38 Å². The second kappa shape index (κ2) is 6.74. The molecule has 1 atom stereocenters. The zero-order chi connectivity index (χ0) is 12.0. The summed E-state index contributed by atoms with van der Waals surface area (Å²) in [6, 6.07) is 9.75. The second-order valence-corrected chi connectivity index (χ2v) is 5.17. The Hall–Kier alpha value is -0.760. The first-order valence-electron chi connectivity index (χ1n) is 5.12. The van der Waals surface area contributed by atoms with E-state index in [2.05, 4.69) is 0 Å². The van der Waals surface area contributed by atoms with Crippen molar-refractivity contribution < 1.29 is 13.8 Å². The van der Waals surface area contributed by atoms with Gasteiger partial charge in [0, 0.05) is 20.1 Å². The standard InChI is InChI=1S/C12H17O3P/c1-10(11-7-5-4-6-8-11)12(13)9-16(14-2)15-3/h4-8,10H,9H2,1-3H3. The minimum Gasteiger partial charge on any atom is -0.337 e. The van der Waals surface area contributed by atoms with Crippen LogP contribution in [0, 0.1) is 0 Å². The largest absolute Gasteiger partial charge is 0.337 e. The Labute approximate surface area is 97.7 Å². The number of hydrogen-bond donors (Lipinski definition) is 0. The van der Waals surface area contributed by atoms with E-state index < -0.39 is 8.38 Å². The summed E-state index contributed by atoms with van der Waals surface area (Å²) in [5.41, 5.74) is 1.04. The predicted octanol–water partition coefficient (Wildman–Crippen LogP) is 2.96. The normalized spacial score (nSPS) is 12.8. The maximum absolute atomic E-state index is 11.9. The van der Waals surface area contributed by atoms with E-state index in [9.17, 15) is 4.79 Å². The van der Waals surface area contributed by atoms with Gasteiger partial charge in [0.1, 0.15) is 5.78 Å². The molecule has 0 amide bonds. The lowest BCUT2D eigenvalue weighted by atomic mass is 9.98. The van der Waals surface area contributed by atoms with Crippen LogP contribution in [0.25, 0.3) is 0 Å². The minimum atomic E-state index is -1.07. The van der Waals surface area contributed by atoms with Crippen LogP contribution in [0.2, 0.25) is 0 Å². The molecule has 1 aromatic carbocycles. The van der Waals surface area contributed by atoms with Crippen LogP contribution >= 0.6 is 8.38 Å². The highest BCUT2D eigenvalue weighted by molar-refractivity contribution is 7.48. The molecule has 0 spiro atoms. The van der Waals surface area contributed by atoms with Crippen LogP contribution < -0.4 is 0 Å². The fraction of sp³-hybridized carbons (Fsp3) is 0.417. The van der Waals surface area contributed by atoms with Crippen LogP contribution in [0.15, 0.2) is 30.3 Å². The number of benzene rings is 1. The third-order valence-electron chi connectivity index (χ3n) is 2.47. The highest BCUT2D eigenvalue weighted by Gasteiger charge is 2.20. The van der Waals surface area contributed by atoms with Crippen LogP contribution in [-0.2, 0) is 13.8 Å². The molecule has 0 N–H and O–H groups in total. The van der Waals surface area contributed by atoms with Gasteiger partial charge in [-0.2, -0.15) is 0 Å². The molecule has 0 aromatic heterocycles. The van der Waals surface area contributed by atoms with E-state index in [1.54, 1.807) is 14.2 Å². The molecule has 3 nitrogen and oxygen atoms in total. The van der Waals surface area contributed by atoms with Gasteiger partial charge in [-0.3, -0.25) is 4.79 Å². The summed E-state index contributed by atoms with van der Waals surface area (Å²) in [7, 11) is 2.06. The zero-order valence-corrected chi connectivity index (χ0v) is 10.7. The van der Waals surface area contributed by atoms with Crippen molar-refractivity contribution in [3.63, 3.8) is 0 Å². The number of ketones is 1. The van der Waals surface area contributed by atoms with E-state index >= 15 is 0 Å². The third-order valence-corrected chi connectivity index (χ3v) is 3.86. The van der Waals surface area contributed by atoms with Crippen molar-refractivity contribution in [1.29, 1.82) is 0 Å². The van der Waals surface area contributed by atoms with Gasteiger partial charge in [-0.1, -0.05) is 37.3 Å². The van der Waals surface area contributed by atoms with Crippen LogP contribution in [0.3, 0.4) is 0 Å². The summed E-state index contributed by atoms with van der Waals surface area (Å²) in [6.45, 7) is 1.91. The highest BCUT2D eigenvalue weighted by Crippen LogP contribution is 2.37.